The summed E-state index contributed by atoms with van der Waals surface area (Å²) in [6, 6.07) is 15.7. The molecule has 0 spiro atoms. The van der Waals surface area contributed by atoms with E-state index in [1.165, 1.54) is 0 Å². The first-order valence-corrected chi connectivity index (χ1v) is 7.02. The molecule has 0 saturated carbocycles. The lowest BCUT2D eigenvalue weighted by atomic mass is 9.98. The summed E-state index contributed by atoms with van der Waals surface area (Å²) < 4.78 is 0. The average molecular weight is 297 g/mol. The third-order valence-corrected chi connectivity index (χ3v) is 3.33. The molecule has 0 saturated heterocycles. The molecule has 1 unspecified atom stereocenters. The number of hydrogen-bond donors (Lipinski definition) is 3. The SMILES string of the molecule is Cc1ccccc1C(CC(=O)Nc1ccccc1)NC(N)=O. The highest BCUT2D eigenvalue weighted by Crippen LogP contribution is 2.21. The number of nitrogens with two attached hydrogens (primary N) is 1. The van der Waals surface area contributed by atoms with Crippen molar-refractivity contribution in [1.29, 1.82) is 0 Å². The van der Waals surface area contributed by atoms with Gasteiger partial charge in [0.05, 0.1) is 12.5 Å². The summed E-state index contributed by atoms with van der Waals surface area (Å²) in [5.41, 5.74) is 7.82. The Morgan fingerprint density at radius 3 is 2.32 bits per heavy atom. The van der Waals surface area contributed by atoms with Crippen LogP contribution < -0.4 is 16.4 Å². The van der Waals surface area contributed by atoms with Crippen LogP contribution in [-0.4, -0.2) is 11.9 Å². The van der Waals surface area contributed by atoms with E-state index in [1.54, 1.807) is 0 Å². The molecule has 22 heavy (non-hydrogen) atoms. The highest BCUT2D eigenvalue weighted by Gasteiger charge is 2.19. The van der Waals surface area contributed by atoms with E-state index in [2.05, 4.69) is 10.6 Å². The van der Waals surface area contributed by atoms with Crippen molar-refractivity contribution in [2.24, 2.45) is 5.73 Å². The highest BCUT2D eigenvalue weighted by molar-refractivity contribution is 5.91. The molecule has 0 aliphatic heterocycles. The van der Waals surface area contributed by atoms with Gasteiger partial charge in [0.15, 0.2) is 0 Å². The minimum absolute atomic E-state index is 0.114. The van der Waals surface area contributed by atoms with Crippen LogP contribution in [0, 0.1) is 6.92 Å². The van der Waals surface area contributed by atoms with Crippen LogP contribution in [0.2, 0.25) is 0 Å². The Morgan fingerprint density at radius 2 is 1.68 bits per heavy atom. The van der Waals surface area contributed by atoms with Gasteiger partial charge in [0.2, 0.25) is 5.91 Å². The van der Waals surface area contributed by atoms with Gasteiger partial charge < -0.3 is 16.4 Å². The van der Waals surface area contributed by atoms with E-state index in [9.17, 15) is 9.59 Å². The van der Waals surface area contributed by atoms with Gasteiger partial charge in [0, 0.05) is 5.69 Å². The van der Waals surface area contributed by atoms with Gasteiger partial charge in [-0.2, -0.15) is 0 Å². The van der Waals surface area contributed by atoms with Gasteiger partial charge in [0.1, 0.15) is 0 Å². The Labute approximate surface area is 129 Å². The normalized spacial score (nSPS) is 11.5. The van der Waals surface area contributed by atoms with Gasteiger partial charge in [-0.05, 0) is 30.2 Å². The number of para-hydroxylation sites is 1. The number of rotatable bonds is 5. The van der Waals surface area contributed by atoms with E-state index >= 15 is 0 Å². The van der Waals surface area contributed by atoms with E-state index in [1.807, 2.05) is 61.5 Å². The van der Waals surface area contributed by atoms with Crippen molar-refractivity contribution in [3.8, 4) is 0 Å². The molecule has 3 amide bonds. The van der Waals surface area contributed by atoms with Gasteiger partial charge in [-0.25, -0.2) is 4.79 Å². The van der Waals surface area contributed by atoms with Gasteiger partial charge in [-0.15, -0.1) is 0 Å². The van der Waals surface area contributed by atoms with Crippen LogP contribution in [0.25, 0.3) is 0 Å². The summed E-state index contributed by atoms with van der Waals surface area (Å²) in [6.45, 7) is 1.93. The van der Waals surface area contributed by atoms with Crippen LogP contribution in [0.5, 0.6) is 0 Å². The molecule has 0 fully saturated rings. The Bertz CT molecular complexity index is 656. The number of carbonyl (C=O) groups excluding carboxylic acids is 2. The van der Waals surface area contributed by atoms with Crippen molar-refractivity contribution >= 4 is 17.6 Å². The second kappa shape index (κ2) is 7.26. The largest absolute Gasteiger partial charge is 0.352 e. The molecular weight excluding hydrogens is 278 g/mol. The fourth-order valence-corrected chi connectivity index (χ4v) is 2.31. The third-order valence-electron chi connectivity index (χ3n) is 3.33. The van der Waals surface area contributed by atoms with Crippen LogP contribution in [0.15, 0.2) is 54.6 Å². The van der Waals surface area contributed by atoms with Crippen molar-refractivity contribution in [1.82, 2.24) is 5.32 Å². The number of anilines is 1. The lowest BCUT2D eigenvalue weighted by Gasteiger charge is -2.19. The maximum Gasteiger partial charge on any atom is 0.312 e. The molecule has 5 nitrogen and oxygen atoms in total. The number of primary amides is 1. The van der Waals surface area contributed by atoms with Crippen molar-refractivity contribution < 1.29 is 9.59 Å². The maximum atomic E-state index is 12.2. The standard InChI is InChI=1S/C17H19N3O2/c1-12-7-5-6-10-14(12)15(20-17(18)22)11-16(21)19-13-8-3-2-4-9-13/h2-10,15H,11H2,1H3,(H,19,21)(H3,18,20,22). The smallest absolute Gasteiger partial charge is 0.312 e. The van der Waals surface area contributed by atoms with E-state index in [4.69, 9.17) is 5.73 Å². The van der Waals surface area contributed by atoms with Crippen LogP contribution >= 0.6 is 0 Å². The molecule has 2 aromatic rings. The summed E-state index contributed by atoms with van der Waals surface area (Å²) in [6.07, 6.45) is 0.114. The Kier molecular flexibility index (Phi) is 5.14. The van der Waals surface area contributed by atoms with Gasteiger partial charge in [-0.1, -0.05) is 42.5 Å². The molecule has 0 aromatic heterocycles. The molecule has 2 aromatic carbocycles. The number of carbonyl (C=O) groups is 2. The first-order chi connectivity index (χ1) is 10.6. The molecule has 4 N–H and O–H groups in total. The summed E-state index contributed by atoms with van der Waals surface area (Å²) in [4.78, 5) is 23.4. The molecule has 114 valence electrons. The zero-order chi connectivity index (χ0) is 15.9. The summed E-state index contributed by atoms with van der Waals surface area (Å²) in [5.74, 6) is -0.187. The van der Waals surface area contributed by atoms with E-state index in [0.29, 0.717) is 0 Å². The quantitative estimate of drug-likeness (QED) is 0.792. The molecule has 0 aliphatic rings. The minimum atomic E-state index is -0.652. The average Bonchev–Trinajstić information content (AvgIpc) is 2.47. The van der Waals surface area contributed by atoms with Gasteiger partial charge >= 0.3 is 6.03 Å². The molecule has 0 radical (unpaired) electrons. The van der Waals surface area contributed by atoms with Crippen molar-refractivity contribution in [3.05, 3.63) is 65.7 Å². The second-order valence-electron chi connectivity index (χ2n) is 5.04. The Hall–Kier alpha value is -2.82. The van der Waals surface area contributed by atoms with Crippen LogP contribution in [0.4, 0.5) is 10.5 Å². The minimum Gasteiger partial charge on any atom is -0.352 e. The predicted octanol–water partition coefficient (Wildman–Crippen LogP) is 2.73. The molecule has 0 bridgehead atoms. The molecule has 2 rings (SSSR count). The Morgan fingerprint density at radius 1 is 1.05 bits per heavy atom. The zero-order valence-electron chi connectivity index (χ0n) is 12.4. The maximum absolute atomic E-state index is 12.2. The van der Waals surface area contributed by atoms with Crippen molar-refractivity contribution in [2.45, 2.75) is 19.4 Å². The first-order valence-electron chi connectivity index (χ1n) is 7.02. The lowest BCUT2D eigenvalue weighted by molar-refractivity contribution is -0.116. The molecule has 1 atom stereocenters. The van der Waals surface area contributed by atoms with Crippen LogP contribution in [-0.2, 0) is 4.79 Å². The predicted molar refractivity (Wildman–Crippen MR) is 86.3 cm³/mol. The fourth-order valence-electron chi connectivity index (χ4n) is 2.31. The molecule has 0 heterocycles. The third kappa shape index (κ3) is 4.34. The van der Waals surface area contributed by atoms with Gasteiger partial charge in [-0.3, -0.25) is 4.79 Å². The zero-order valence-corrected chi connectivity index (χ0v) is 12.4. The summed E-state index contributed by atoms with van der Waals surface area (Å²) in [5, 5.41) is 5.44. The fraction of sp³-hybridized carbons (Fsp3) is 0.176. The molecule has 0 aliphatic carbocycles. The second-order valence-corrected chi connectivity index (χ2v) is 5.04. The van der Waals surface area contributed by atoms with Gasteiger partial charge in [0.25, 0.3) is 0 Å². The Balaban J connectivity index is 2.11. The topological polar surface area (TPSA) is 84.2 Å². The summed E-state index contributed by atoms with van der Waals surface area (Å²) in [7, 11) is 0. The van der Waals surface area contributed by atoms with E-state index in [0.717, 1.165) is 16.8 Å². The van der Waals surface area contributed by atoms with Crippen LogP contribution in [0.3, 0.4) is 0 Å². The number of hydrogen-bond acceptors (Lipinski definition) is 2. The first kappa shape index (κ1) is 15.6. The van der Waals surface area contributed by atoms with Crippen LogP contribution in [0.1, 0.15) is 23.6 Å². The number of aryl methyl sites for hydroxylation is 1. The monoisotopic (exact) mass is 297 g/mol. The number of nitrogens with one attached hydrogen (secondary N) is 2. The van der Waals surface area contributed by atoms with Crippen molar-refractivity contribution in [3.63, 3.8) is 0 Å². The van der Waals surface area contributed by atoms with E-state index < -0.39 is 12.1 Å². The summed E-state index contributed by atoms with van der Waals surface area (Å²) >= 11 is 0. The molecule has 5 heteroatoms. The number of urea groups is 1. The van der Waals surface area contributed by atoms with E-state index in [-0.39, 0.29) is 12.3 Å². The molecular formula is C17H19N3O2. The number of benzene rings is 2. The highest BCUT2D eigenvalue weighted by atomic mass is 16.2. The lowest BCUT2D eigenvalue weighted by Crippen LogP contribution is -2.35. The number of amides is 3. The van der Waals surface area contributed by atoms with Crippen molar-refractivity contribution in [2.75, 3.05) is 5.32 Å².